The lowest BCUT2D eigenvalue weighted by molar-refractivity contribution is -0.304. The van der Waals surface area contributed by atoms with Gasteiger partial charge in [-0.3, -0.25) is 76.9 Å². The van der Waals surface area contributed by atoms with Gasteiger partial charge in [-0.05, 0) is 384 Å². The van der Waals surface area contributed by atoms with Gasteiger partial charge in [0.2, 0.25) is 41.4 Å². The number of benzene rings is 4. The third-order valence-corrected chi connectivity index (χ3v) is 27.8. The monoisotopic (exact) mass is 2010 g/mol. The zero-order valence-corrected chi connectivity index (χ0v) is 90.1. The number of nitrogens with zero attached hydrogens (tertiary/aromatic N) is 4. The van der Waals surface area contributed by atoms with Crippen LogP contribution in [0.3, 0.4) is 0 Å². The molecule has 144 heavy (non-hydrogen) atoms. The van der Waals surface area contributed by atoms with Crippen LogP contribution in [0.25, 0.3) is 0 Å². The molecule has 4 aliphatic rings. The maximum Gasteiger partial charge on any atom is 0.408 e. The Hall–Kier alpha value is -10.5. The molecule has 4 fully saturated rings. The zero-order chi connectivity index (χ0) is 107. The number of ether oxygens (including phenoxy) is 1. The van der Waals surface area contributed by atoms with Crippen LogP contribution in [0.1, 0.15) is 401 Å². The normalized spacial score (nSPS) is 19.1. The van der Waals surface area contributed by atoms with Gasteiger partial charge in [-0.1, -0.05) is 48.5 Å². The molecular weight excluding hydrogens is 1840 g/mol. The van der Waals surface area contributed by atoms with Gasteiger partial charge >= 0.3 is 12.1 Å². The highest BCUT2D eigenvalue weighted by atomic mass is 16.7. The Kier molecular flexibility index (Phi) is 43.8. The maximum atomic E-state index is 14.5. The Morgan fingerprint density at radius 3 is 0.681 bits per heavy atom. The third-order valence-electron chi connectivity index (χ3n) is 27.8. The molecule has 800 valence electrons. The molecule has 0 spiro atoms. The van der Waals surface area contributed by atoms with E-state index < -0.39 is 109 Å². The lowest BCUT2D eigenvalue weighted by Crippen LogP contribution is -2.58. The lowest BCUT2D eigenvalue weighted by atomic mass is 9.82. The van der Waals surface area contributed by atoms with Crippen LogP contribution in [0.2, 0.25) is 0 Å². The molecule has 4 heterocycles. The summed E-state index contributed by atoms with van der Waals surface area (Å²) < 4.78 is 5.52. The van der Waals surface area contributed by atoms with Gasteiger partial charge in [0.15, 0.2) is 0 Å². The SMILES string of the molecule is CC(ON1C(C)(C)CCCC1(C)C)c1ccc(C(=O)NCCCC[C@H](NC(=O)CNC(=O)[C@H](CCCCNC(=O)c2ccc(C(C)ON3C(C)(C)CCCC3(C)C)cc2)NC(=O)CNC(=O)[C@H](CCCCNC(=O)c2ccc(C(C)ON3C(C)(C)CCCC3(C)C)cc2)NC(=O)CNC(=O)[C@H](CCCCNC(=O)c2ccc(C(C)ON3C(C)(C)CCCC3(C)C)cc2)NC(=O)OC(C)(C)C)C(=O)NCC(=O)O)cc1. The number of piperidine rings is 4. The number of hydroxylamine groups is 8. The minimum absolute atomic E-state index is 0.00926. The summed E-state index contributed by atoms with van der Waals surface area (Å²) in [5.41, 5.74) is 2.81. The number of aliphatic carboxylic acids is 1. The van der Waals surface area contributed by atoms with Crippen molar-refractivity contribution in [2.75, 3.05) is 52.4 Å². The molecule has 4 aromatic rings. The van der Waals surface area contributed by atoms with Crippen LogP contribution in [-0.2, 0) is 62.4 Å². The smallest absolute Gasteiger partial charge is 0.408 e. The highest BCUT2D eigenvalue weighted by molar-refractivity contribution is 5.98. The second kappa shape index (κ2) is 53.2. The van der Waals surface area contributed by atoms with E-state index in [9.17, 15) is 67.4 Å². The summed E-state index contributed by atoms with van der Waals surface area (Å²) in [5, 5.41) is 50.1. The van der Waals surface area contributed by atoms with E-state index in [2.05, 4.69) is 195 Å². The molecule has 0 bridgehead atoms. The zero-order valence-electron chi connectivity index (χ0n) is 90.1. The second-order valence-corrected chi connectivity index (χ2v) is 45.4. The summed E-state index contributed by atoms with van der Waals surface area (Å²) in [5.74, 6) is -8.59. The van der Waals surface area contributed by atoms with E-state index in [4.69, 9.17) is 24.1 Å². The number of carboxylic acids is 1. The van der Waals surface area contributed by atoms with Gasteiger partial charge in [-0.15, -0.1) is 0 Å². The van der Waals surface area contributed by atoms with Crippen molar-refractivity contribution in [1.29, 1.82) is 0 Å². The predicted molar refractivity (Wildman–Crippen MR) is 553 cm³/mol. The quantitative estimate of drug-likeness (QED) is 0.0183. The van der Waals surface area contributed by atoms with E-state index in [0.717, 1.165) is 99.3 Å². The van der Waals surface area contributed by atoms with Crippen molar-refractivity contribution < 1.29 is 91.5 Å². The fourth-order valence-corrected chi connectivity index (χ4v) is 20.1. The molecule has 13 N–H and O–H groups in total. The molecule has 4 aliphatic heterocycles. The first kappa shape index (κ1) is 119. The van der Waals surface area contributed by atoms with E-state index in [1.54, 1.807) is 69.3 Å². The first-order valence-corrected chi connectivity index (χ1v) is 52.0. The summed E-state index contributed by atoms with van der Waals surface area (Å²) in [4.78, 5) is 204. The summed E-state index contributed by atoms with van der Waals surface area (Å²) in [6.45, 7) is 45.4. The number of carboxylic acid groups (broad SMARTS) is 1. The van der Waals surface area contributed by atoms with Crippen molar-refractivity contribution in [3.8, 4) is 0 Å². The van der Waals surface area contributed by atoms with Crippen LogP contribution >= 0.6 is 0 Å². The average molecular weight is 2010 g/mol. The molecule has 8 rings (SSSR count). The number of carbonyl (C=O) groups is 13. The molecule has 12 amide bonds. The van der Waals surface area contributed by atoms with Gasteiger partial charge in [0.05, 0.1) is 19.6 Å². The lowest BCUT2D eigenvalue weighted by Gasteiger charge is -2.52. The molecule has 4 unspecified atom stereocenters. The van der Waals surface area contributed by atoms with Gasteiger partial charge in [-0.25, -0.2) is 4.79 Å². The molecule has 8 atom stereocenters. The highest BCUT2D eigenvalue weighted by Gasteiger charge is 2.48. The van der Waals surface area contributed by atoms with Crippen LogP contribution in [0, 0.1) is 0 Å². The minimum atomic E-state index is -1.39. The summed E-state index contributed by atoms with van der Waals surface area (Å²) >= 11 is 0. The summed E-state index contributed by atoms with van der Waals surface area (Å²) in [6.07, 6.45) is 12.4. The maximum absolute atomic E-state index is 14.5. The standard InChI is InChI=1S/C109H170N16O19/c1-72(141-122-102(8,9)56-32-57-103(122,10)11)76-40-48-80(49-41-76)92(131)110-64-28-24-36-84(96(135)115-69-89(127)120-86(98(137)117-71-91(129)130)38-26-30-66-112-94(133)82-52-44-78(45-53-82)74(3)143-124-106(16,17)60-34-61-107(124,18)19)118-88(126)68-114-97(136)85(37-25-29-65-111-93(132)81-50-42-77(43-51-81)73(2)142-123-104(12,13)58-33-59-105(123,14)15)119-90(128)70-116-99(138)87(121-100(139)140-101(5,6)7)39-27-31-67-113-95(134)83-54-46-79(47-55-83)75(4)144-125-108(20,21)62-35-63-109(125,22)23/h40-55,72-75,84-87H,24-39,56-71H2,1-23H3,(H,110,131)(H,111,132)(H,112,133)(H,113,134)(H,114,136)(H,115,135)(H,116,138)(H,117,137)(H,118,126)(H,119,128)(H,120,127)(H,121,139)(H,129,130)/t72?,73?,74?,75?,84-,85-,86-,87-/m0/s1. The van der Waals surface area contributed by atoms with Crippen molar-refractivity contribution in [3.63, 3.8) is 0 Å². The number of hydrogen-bond acceptors (Lipinski definition) is 22. The summed E-state index contributed by atoms with van der Waals surface area (Å²) in [6, 6.07) is 23.4. The van der Waals surface area contributed by atoms with Crippen molar-refractivity contribution in [3.05, 3.63) is 142 Å². The van der Waals surface area contributed by atoms with Gasteiger partial charge in [0.1, 0.15) is 60.7 Å². The molecule has 4 saturated heterocycles. The predicted octanol–water partition coefficient (Wildman–Crippen LogP) is 14.4. The van der Waals surface area contributed by atoms with Gasteiger partial charge in [0, 0.05) is 92.7 Å². The van der Waals surface area contributed by atoms with Crippen molar-refractivity contribution in [1.82, 2.24) is 84.1 Å². The van der Waals surface area contributed by atoms with Crippen LogP contribution in [0.15, 0.2) is 97.1 Å². The number of hydrogen-bond donors (Lipinski definition) is 13. The molecule has 0 saturated carbocycles. The average Bonchev–Trinajstić information content (AvgIpc) is 0.789. The Bertz CT molecular complexity index is 4870. The number of carbonyl (C=O) groups excluding carboxylic acids is 12. The molecule has 0 radical (unpaired) electrons. The van der Waals surface area contributed by atoms with Crippen LogP contribution in [0.4, 0.5) is 4.79 Å². The number of rotatable bonds is 52. The topological polar surface area (TPSA) is 446 Å². The fraction of sp³-hybridized carbons (Fsp3) is 0.661. The molecule has 0 aliphatic carbocycles. The van der Waals surface area contributed by atoms with Gasteiger partial charge in [0.25, 0.3) is 23.6 Å². The number of alkyl carbamates (subject to hydrolysis) is 1. The van der Waals surface area contributed by atoms with Crippen molar-refractivity contribution in [2.24, 2.45) is 0 Å². The largest absolute Gasteiger partial charge is 0.480 e. The minimum Gasteiger partial charge on any atom is -0.480 e. The summed E-state index contributed by atoms with van der Waals surface area (Å²) in [7, 11) is 0. The molecule has 4 aromatic carbocycles. The van der Waals surface area contributed by atoms with Crippen molar-refractivity contribution in [2.45, 2.75) is 412 Å². The van der Waals surface area contributed by atoms with E-state index >= 15 is 0 Å². The van der Waals surface area contributed by atoms with Gasteiger partial charge < -0.3 is 73.6 Å². The Labute approximate surface area is 854 Å². The Balaban J connectivity index is 0.919. The van der Waals surface area contributed by atoms with Crippen LogP contribution in [-0.4, -0.2) is 229 Å². The number of nitrogens with one attached hydrogen (secondary N) is 12. The molecule has 35 nitrogen and oxygen atoms in total. The molecule has 0 aromatic heterocycles. The van der Waals surface area contributed by atoms with Crippen LogP contribution < -0.4 is 63.8 Å². The number of unbranched alkanes of at least 4 members (excludes halogenated alkanes) is 4. The van der Waals surface area contributed by atoms with E-state index in [1.165, 1.54) is 0 Å². The molecular formula is C109H170N16O19. The molecule has 35 heteroatoms. The van der Waals surface area contributed by atoms with E-state index in [-0.39, 0.29) is 163 Å². The Morgan fingerprint density at radius 2 is 0.486 bits per heavy atom. The van der Waals surface area contributed by atoms with E-state index in [0.29, 0.717) is 54.4 Å². The highest BCUT2D eigenvalue weighted by Crippen LogP contribution is 2.45. The third kappa shape index (κ3) is 36.8. The number of amides is 12. The van der Waals surface area contributed by atoms with Crippen molar-refractivity contribution >= 4 is 77.0 Å². The first-order chi connectivity index (χ1) is 67.4. The van der Waals surface area contributed by atoms with E-state index in [1.807, 2.05) is 76.2 Å². The first-order valence-electron chi connectivity index (χ1n) is 52.0. The van der Waals surface area contributed by atoms with Gasteiger partial charge in [-0.2, -0.15) is 20.3 Å². The fourth-order valence-electron chi connectivity index (χ4n) is 20.1. The Morgan fingerprint density at radius 1 is 0.292 bits per heavy atom. The van der Waals surface area contributed by atoms with Crippen LogP contribution in [0.5, 0.6) is 0 Å². The second-order valence-electron chi connectivity index (χ2n) is 45.4.